The van der Waals surface area contributed by atoms with Gasteiger partial charge in [-0.05, 0) is 61.6 Å². The van der Waals surface area contributed by atoms with Crippen LogP contribution in [0.1, 0.15) is 17.5 Å². The van der Waals surface area contributed by atoms with Crippen LogP contribution in [-0.4, -0.2) is 69.4 Å². The SMILES string of the molecule is COc1ccc(/C=C2\CN(C(=O)CCN(C)C)C/C(=C\c3ccc(OC)cc3)C2=O)cc1. The summed E-state index contributed by atoms with van der Waals surface area (Å²) < 4.78 is 10.4. The maximum absolute atomic E-state index is 13.3. The van der Waals surface area contributed by atoms with Gasteiger partial charge in [0.25, 0.3) is 0 Å². The average Bonchev–Trinajstić information content (AvgIpc) is 2.80. The molecule has 1 amide bonds. The van der Waals surface area contributed by atoms with Crippen LogP contribution < -0.4 is 9.47 Å². The fourth-order valence-electron chi connectivity index (χ4n) is 3.50. The van der Waals surface area contributed by atoms with Gasteiger partial charge in [0.2, 0.25) is 5.91 Å². The summed E-state index contributed by atoms with van der Waals surface area (Å²) in [7, 11) is 7.12. The van der Waals surface area contributed by atoms with E-state index in [1.165, 1.54) is 0 Å². The Hall–Kier alpha value is -3.38. The van der Waals surface area contributed by atoms with Crippen molar-refractivity contribution >= 4 is 23.8 Å². The zero-order valence-electron chi connectivity index (χ0n) is 19.1. The van der Waals surface area contributed by atoms with Crippen LogP contribution in [0, 0.1) is 0 Å². The molecule has 168 valence electrons. The third-order valence-electron chi connectivity index (χ3n) is 5.34. The number of carbonyl (C=O) groups is 2. The number of ketones is 1. The standard InChI is InChI=1S/C26H30N2O4/c1-27(2)14-13-25(29)28-17-21(15-19-5-9-23(31-3)10-6-19)26(30)22(18-28)16-20-7-11-24(32-4)12-8-20/h5-12,15-16H,13-14,17-18H2,1-4H3/b21-15+,22-16+. The van der Waals surface area contributed by atoms with E-state index in [0.717, 1.165) is 22.6 Å². The molecule has 0 bridgehead atoms. The number of Topliss-reactive ketones (excluding diaryl/α,β-unsaturated/α-hetero) is 1. The van der Waals surface area contributed by atoms with E-state index in [4.69, 9.17) is 9.47 Å². The molecule has 0 saturated carbocycles. The number of nitrogens with zero attached hydrogens (tertiary/aromatic N) is 2. The van der Waals surface area contributed by atoms with E-state index in [0.29, 0.717) is 37.2 Å². The minimum Gasteiger partial charge on any atom is -0.497 e. The van der Waals surface area contributed by atoms with Crippen LogP contribution in [0.3, 0.4) is 0 Å². The quantitative estimate of drug-likeness (QED) is 0.624. The van der Waals surface area contributed by atoms with Crippen molar-refractivity contribution in [3.63, 3.8) is 0 Å². The van der Waals surface area contributed by atoms with Gasteiger partial charge >= 0.3 is 0 Å². The molecule has 0 spiro atoms. The van der Waals surface area contributed by atoms with Gasteiger partial charge in [-0.25, -0.2) is 0 Å². The number of rotatable bonds is 7. The first kappa shape index (κ1) is 23.3. The Morgan fingerprint density at radius 3 is 1.69 bits per heavy atom. The normalized spacial score (nSPS) is 16.7. The molecule has 1 fully saturated rings. The summed E-state index contributed by atoms with van der Waals surface area (Å²) >= 11 is 0. The second-order valence-electron chi connectivity index (χ2n) is 8.02. The van der Waals surface area contributed by atoms with Gasteiger partial charge in [0, 0.05) is 37.2 Å². The second kappa shape index (κ2) is 10.8. The van der Waals surface area contributed by atoms with E-state index in [-0.39, 0.29) is 11.7 Å². The van der Waals surface area contributed by atoms with Gasteiger partial charge in [0.1, 0.15) is 11.5 Å². The minimum absolute atomic E-state index is 0.0340. The topological polar surface area (TPSA) is 59.1 Å². The van der Waals surface area contributed by atoms with Crippen LogP contribution in [0.4, 0.5) is 0 Å². The molecular formula is C26H30N2O4. The number of piperidine rings is 1. The molecule has 1 saturated heterocycles. The van der Waals surface area contributed by atoms with Crippen LogP contribution in [0.2, 0.25) is 0 Å². The Bertz CT molecular complexity index is 936. The second-order valence-corrected chi connectivity index (χ2v) is 8.02. The Balaban J connectivity index is 1.92. The molecule has 1 heterocycles. The van der Waals surface area contributed by atoms with Crippen molar-refractivity contribution in [2.24, 2.45) is 0 Å². The first-order valence-corrected chi connectivity index (χ1v) is 10.6. The highest BCUT2D eigenvalue weighted by Gasteiger charge is 2.28. The Labute approximate surface area is 189 Å². The number of likely N-dealkylation sites (tertiary alicyclic amines) is 1. The van der Waals surface area contributed by atoms with Crippen molar-refractivity contribution < 1.29 is 19.1 Å². The molecule has 0 N–H and O–H groups in total. The smallest absolute Gasteiger partial charge is 0.224 e. The van der Waals surface area contributed by atoms with Crippen molar-refractivity contribution in [3.8, 4) is 11.5 Å². The van der Waals surface area contributed by atoms with Gasteiger partial charge in [0.05, 0.1) is 14.2 Å². The third kappa shape index (κ3) is 6.08. The van der Waals surface area contributed by atoms with Crippen molar-refractivity contribution in [2.45, 2.75) is 6.42 Å². The summed E-state index contributed by atoms with van der Waals surface area (Å²) in [6.45, 7) is 1.27. The van der Waals surface area contributed by atoms with Gasteiger partial charge in [-0.2, -0.15) is 0 Å². The molecule has 0 atom stereocenters. The van der Waals surface area contributed by atoms with Crippen molar-refractivity contribution in [3.05, 3.63) is 70.8 Å². The molecule has 2 aromatic rings. The number of hydrogen-bond donors (Lipinski definition) is 0. The van der Waals surface area contributed by atoms with Crippen LogP contribution in [0.25, 0.3) is 12.2 Å². The van der Waals surface area contributed by atoms with Crippen LogP contribution in [-0.2, 0) is 9.59 Å². The summed E-state index contributed by atoms with van der Waals surface area (Å²) in [6.07, 6.45) is 4.12. The maximum Gasteiger partial charge on any atom is 0.224 e. The molecular weight excluding hydrogens is 404 g/mol. The summed E-state index contributed by atoms with van der Waals surface area (Å²) in [5.74, 6) is 1.51. The van der Waals surface area contributed by atoms with Gasteiger partial charge in [-0.1, -0.05) is 24.3 Å². The number of amides is 1. The van der Waals surface area contributed by atoms with Gasteiger partial charge < -0.3 is 19.3 Å². The van der Waals surface area contributed by atoms with E-state index >= 15 is 0 Å². The molecule has 0 aromatic heterocycles. The van der Waals surface area contributed by atoms with Crippen molar-refractivity contribution in [2.75, 3.05) is 47.9 Å². The number of carbonyl (C=O) groups excluding carboxylic acids is 2. The van der Waals surface area contributed by atoms with Crippen LogP contribution in [0.15, 0.2) is 59.7 Å². The molecule has 3 rings (SSSR count). The predicted octanol–water partition coefficient (Wildman–Crippen LogP) is 3.53. The fraction of sp³-hybridized carbons (Fsp3) is 0.308. The van der Waals surface area contributed by atoms with Crippen LogP contribution in [0.5, 0.6) is 11.5 Å². The Morgan fingerprint density at radius 2 is 1.31 bits per heavy atom. The lowest BCUT2D eigenvalue weighted by molar-refractivity contribution is -0.131. The number of benzene rings is 2. The van der Waals surface area contributed by atoms with Gasteiger partial charge in [-0.3, -0.25) is 9.59 Å². The summed E-state index contributed by atoms with van der Waals surface area (Å²) in [5.41, 5.74) is 2.97. The highest BCUT2D eigenvalue weighted by molar-refractivity contribution is 6.15. The molecule has 0 aliphatic carbocycles. The molecule has 1 aliphatic heterocycles. The lowest BCUT2D eigenvalue weighted by Crippen LogP contribution is -2.42. The van der Waals surface area contributed by atoms with E-state index in [9.17, 15) is 9.59 Å². The molecule has 32 heavy (non-hydrogen) atoms. The third-order valence-corrected chi connectivity index (χ3v) is 5.34. The lowest BCUT2D eigenvalue weighted by Gasteiger charge is -2.30. The predicted molar refractivity (Wildman–Crippen MR) is 127 cm³/mol. The van der Waals surface area contributed by atoms with Gasteiger partial charge in [0.15, 0.2) is 5.78 Å². The molecule has 2 aromatic carbocycles. The molecule has 1 aliphatic rings. The monoisotopic (exact) mass is 434 g/mol. The molecule has 0 unspecified atom stereocenters. The zero-order chi connectivity index (χ0) is 23.1. The fourth-order valence-corrected chi connectivity index (χ4v) is 3.50. The van der Waals surface area contributed by atoms with Gasteiger partial charge in [-0.15, -0.1) is 0 Å². The van der Waals surface area contributed by atoms with Crippen LogP contribution >= 0.6 is 0 Å². The Morgan fingerprint density at radius 1 is 0.875 bits per heavy atom. The maximum atomic E-state index is 13.3. The number of ether oxygens (including phenoxy) is 2. The first-order valence-electron chi connectivity index (χ1n) is 10.6. The minimum atomic E-state index is -0.0340. The molecule has 6 heteroatoms. The highest BCUT2D eigenvalue weighted by Crippen LogP contribution is 2.24. The van der Waals surface area contributed by atoms with E-state index in [2.05, 4.69) is 0 Å². The van der Waals surface area contributed by atoms with Crippen molar-refractivity contribution in [1.82, 2.24) is 9.80 Å². The highest BCUT2D eigenvalue weighted by atomic mass is 16.5. The molecule has 6 nitrogen and oxygen atoms in total. The van der Waals surface area contributed by atoms with E-state index < -0.39 is 0 Å². The number of methoxy groups -OCH3 is 2. The Kier molecular flexibility index (Phi) is 7.84. The average molecular weight is 435 g/mol. The zero-order valence-corrected chi connectivity index (χ0v) is 19.1. The van der Waals surface area contributed by atoms with E-state index in [1.54, 1.807) is 19.1 Å². The summed E-state index contributed by atoms with van der Waals surface area (Å²) in [6, 6.07) is 15.0. The summed E-state index contributed by atoms with van der Waals surface area (Å²) in [5, 5.41) is 0. The van der Waals surface area contributed by atoms with E-state index in [1.807, 2.05) is 79.7 Å². The first-order chi connectivity index (χ1) is 15.4. The summed E-state index contributed by atoms with van der Waals surface area (Å²) in [4.78, 5) is 29.9. The van der Waals surface area contributed by atoms with Crippen molar-refractivity contribution in [1.29, 1.82) is 0 Å². The lowest BCUT2D eigenvalue weighted by atomic mass is 9.94. The number of hydrogen-bond acceptors (Lipinski definition) is 5. The largest absolute Gasteiger partial charge is 0.497 e. The molecule has 0 radical (unpaired) electrons.